The molecule has 1 aliphatic rings. The topological polar surface area (TPSA) is 89.5 Å². The molecule has 108 valence electrons. The number of nitrogens with two attached hydrogens (primary N) is 1. The lowest BCUT2D eigenvalue weighted by Crippen LogP contribution is -2.45. The molecule has 0 saturated carbocycles. The van der Waals surface area contributed by atoms with Crippen molar-refractivity contribution in [3.05, 3.63) is 39.9 Å². The van der Waals surface area contributed by atoms with Crippen LogP contribution in [-0.4, -0.2) is 35.4 Å². The maximum Gasteiger partial charge on any atom is 0.282 e. The molecule has 6 nitrogen and oxygen atoms in total. The Kier molecular flexibility index (Phi) is 4.34. The zero-order chi connectivity index (χ0) is 14.7. The van der Waals surface area contributed by atoms with Crippen LogP contribution in [0.2, 0.25) is 0 Å². The first kappa shape index (κ1) is 14.5. The molecule has 1 aromatic carbocycles. The number of amides is 1. The van der Waals surface area contributed by atoms with Crippen molar-refractivity contribution in [2.24, 2.45) is 17.6 Å². The van der Waals surface area contributed by atoms with Crippen LogP contribution in [0.25, 0.3) is 0 Å². The molecule has 6 heteroatoms. The molecule has 0 aromatic heterocycles. The third kappa shape index (κ3) is 2.80. The van der Waals surface area contributed by atoms with Crippen molar-refractivity contribution in [1.29, 1.82) is 0 Å². The van der Waals surface area contributed by atoms with Crippen molar-refractivity contribution in [3.8, 4) is 0 Å². The molecule has 1 heterocycles. The molecule has 0 spiro atoms. The molecule has 1 saturated heterocycles. The van der Waals surface area contributed by atoms with Crippen LogP contribution in [0.1, 0.15) is 23.7 Å². The van der Waals surface area contributed by atoms with Crippen LogP contribution in [0.15, 0.2) is 24.3 Å². The van der Waals surface area contributed by atoms with Crippen LogP contribution < -0.4 is 5.73 Å². The minimum atomic E-state index is -0.514. The molecule has 0 bridgehead atoms. The van der Waals surface area contributed by atoms with Crippen LogP contribution in [-0.2, 0) is 0 Å². The first-order valence-electron chi connectivity index (χ1n) is 6.77. The highest BCUT2D eigenvalue weighted by Gasteiger charge is 2.31. The molecular formula is C14H19N3O3. The molecule has 2 atom stereocenters. The Bertz CT molecular complexity index is 518. The number of nitrogens with zero attached hydrogens (tertiary/aromatic N) is 2. The molecule has 0 aliphatic carbocycles. The molecule has 1 aromatic rings. The first-order valence-corrected chi connectivity index (χ1v) is 6.77. The number of para-hydroxylation sites is 1. The van der Waals surface area contributed by atoms with Crippen LogP contribution in [0.4, 0.5) is 5.69 Å². The zero-order valence-corrected chi connectivity index (χ0v) is 11.5. The van der Waals surface area contributed by atoms with Crippen LogP contribution in [0.5, 0.6) is 0 Å². The van der Waals surface area contributed by atoms with Crippen LogP contribution in [0, 0.1) is 22.0 Å². The monoisotopic (exact) mass is 277 g/mol. The minimum absolute atomic E-state index is 0.138. The molecule has 0 radical (unpaired) electrons. The minimum Gasteiger partial charge on any atom is -0.338 e. The van der Waals surface area contributed by atoms with Crippen molar-refractivity contribution < 1.29 is 9.72 Å². The molecular weight excluding hydrogens is 258 g/mol. The lowest BCUT2D eigenvalue weighted by Gasteiger charge is -2.36. The van der Waals surface area contributed by atoms with Gasteiger partial charge in [-0.2, -0.15) is 0 Å². The second-order valence-corrected chi connectivity index (χ2v) is 5.29. The number of nitro benzene ring substituents is 1. The number of benzene rings is 1. The second-order valence-electron chi connectivity index (χ2n) is 5.29. The van der Waals surface area contributed by atoms with Gasteiger partial charge in [-0.05, 0) is 30.9 Å². The van der Waals surface area contributed by atoms with E-state index in [1.807, 2.05) is 0 Å². The van der Waals surface area contributed by atoms with Gasteiger partial charge in [-0.25, -0.2) is 0 Å². The summed E-state index contributed by atoms with van der Waals surface area (Å²) in [5.41, 5.74) is 5.74. The summed E-state index contributed by atoms with van der Waals surface area (Å²) in [5, 5.41) is 11.0. The summed E-state index contributed by atoms with van der Waals surface area (Å²) in [6, 6.07) is 6.08. The Balaban J connectivity index is 2.22. The predicted molar refractivity (Wildman–Crippen MR) is 75.3 cm³/mol. The van der Waals surface area contributed by atoms with Gasteiger partial charge in [0.05, 0.1) is 4.92 Å². The van der Waals surface area contributed by atoms with Gasteiger partial charge in [0.15, 0.2) is 0 Å². The molecule has 20 heavy (non-hydrogen) atoms. The Morgan fingerprint density at radius 1 is 1.50 bits per heavy atom. The smallest absolute Gasteiger partial charge is 0.282 e. The highest BCUT2D eigenvalue weighted by molar-refractivity contribution is 5.98. The van der Waals surface area contributed by atoms with Crippen LogP contribution >= 0.6 is 0 Å². The summed E-state index contributed by atoms with van der Waals surface area (Å²) in [6.45, 7) is 3.86. The van der Waals surface area contributed by atoms with E-state index in [2.05, 4.69) is 6.92 Å². The van der Waals surface area contributed by atoms with Crippen LogP contribution in [0.3, 0.4) is 0 Å². The summed E-state index contributed by atoms with van der Waals surface area (Å²) < 4.78 is 0. The lowest BCUT2D eigenvalue weighted by atomic mass is 9.87. The largest absolute Gasteiger partial charge is 0.338 e. The number of carbonyl (C=O) groups excluding carboxylic acids is 1. The third-order valence-corrected chi connectivity index (χ3v) is 4.04. The van der Waals surface area contributed by atoms with E-state index in [-0.39, 0.29) is 23.1 Å². The molecule has 1 fully saturated rings. The summed E-state index contributed by atoms with van der Waals surface area (Å²) in [5.74, 6) is 0.466. The van der Waals surface area contributed by atoms with E-state index in [0.717, 1.165) is 6.42 Å². The Labute approximate surface area is 117 Å². The maximum atomic E-state index is 12.5. The van der Waals surface area contributed by atoms with E-state index in [0.29, 0.717) is 25.6 Å². The van der Waals surface area contributed by atoms with E-state index in [1.165, 1.54) is 12.1 Å². The fraction of sp³-hybridized carbons (Fsp3) is 0.500. The van der Waals surface area contributed by atoms with Gasteiger partial charge in [-0.3, -0.25) is 14.9 Å². The van der Waals surface area contributed by atoms with E-state index in [4.69, 9.17) is 5.73 Å². The highest BCUT2D eigenvalue weighted by atomic mass is 16.6. The second kappa shape index (κ2) is 6.00. The number of carbonyl (C=O) groups is 1. The molecule has 2 unspecified atom stereocenters. The van der Waals surface area contributed by atoms with Crippen molar-refractivity contribution in [1.82, 2.24) is 4.90 Å². The van der Waals surface area contributed by atoms with E-state index in [1.54, 1.807) is 17.0 Å². The summed E-state index contributed by atoms with van der Waals surface area (Å²) in [4.78, 5) is 24.6. The summed E-state index contributed by atoms with van der Waals surface area (Å²) in [6.07, 6.45) is 0.883. The third-order valence-electron chi connectivity index (χ3n) is 4.04. The standard InChI is InChI=1S/C14H19N3O3/c1-10-6-7-16(9-11(10)8-15)14(18)12-4-2-3-5-13(12)17(19)20/h2-5,10-11H,6-9,15H2,1H3. The fourth-order valence-corrected chi connectivity index (χ4v) is 2.62. The fourth-order valence-electron chi connectivity index (χ4n) is 2.62. The van der Waals surface area contributed by atoms with E-state index >= 15 is 0 Å². The quantitative estimate of drug-likeness (QED) is 0.672. The average Bonchev–Trinajstić information content (AvgIpc) is 2.47. The SMILES string of the molecule is CC1CCN(C(=O)c2ccccc2[N+](=O)[O-])CC1CN. The summed E-state index contributed by atoms with van der Waals surface area (Å²) in [7, 11) is 0. The van der Waals surface area contributed by atoms with Gasteiger partial charge < -0.3 is 10.6 Å². The Morgan fingerprint density at radius 3 is 2.85 bits per heavy atom. The van der Waals surface area contributed by atoms with Gasteiger partial charge >= 0.3 is 0 Å². The zero-order valence-electron chi connectivity index (χ0n) is 11.5. The highest BCUT2D eigenvalue weighted by Crippen LogP contribution is 2.26. The predicted octanol–water partition coefficient (Wildman–Crippen LogP) is 1.65. The first-order chi connectivity index (χ1) is 9.54. The number of hydrogen-bond donors (Lipinski definition) is 1. The molecule has 1 amide bonds. The van der Waals surface area contributed by atoms with Gasteiger partial charge in [0, 0.05) is 19.2 Å². The van der Waals surface area contributed by atoms with Gasteiger partial charge in [-0.15, -0.1) is 0 Å². The molecule has 2 rings (SSSR count). The van der Waals surface area contributed by atoms with Gasteiger partial charge in [0.1, 0.15) is 5.56 Å². The maximum absolute atomic E-state index is 12.5. The van der Waals surface area contributed by atoms with Gasteiger partial charge in [0.25, 0.3) is 11.6 Å². The van der Waals surface area contributed by atoms with Crippen molar-refractivity contribution >= 4 is 11.6 Å². The Morgan fingerprint density at radius 2 is 2.20 bits per heavy atom. The van der Waals surface area contributed by atoms with Crippen molar-refractivity contribution in [3.63, 3.8) is 0 Å². The number of rotatable bonds is 3. The number of hydrogen-bond acceptors (Lipinski definition) is 4. The number of nitro groups is 1. The molecule has 2 N–H and O–H groups in total. The number of piperidine rings is 1. The van der Waals surface area contributed by atoms with E-state index in [9.17, 15) is 14.9 Å². The molecule has 1 aliphatic heterocycles. The Hall–Kier alpha value is -1.95. The average molecular weight is 277 g/mol. The van der Waals surface area contributed by atoms with E-state index < -0.39 is 4.92 Å². The van der Waals surface area contributed by atoms with Crippen molar-refractivity contribution in [2.45, 2.75) is 13.3 Å². The summed E-state index contributed by atoms with van der Waals surface area (Å²) >= 11 is 0. The normalized spacial score (nSPS) is 22.6. The number of likely N-dealkylation sites (tertiary alicyclic amines) is 1. The lowest BCUT2D eigenvalue weighted by molar-refractivity contribution is -0.385. The van der Waals surface area contributed by atoms with Crippen molar-refractivity contribution in [2.75, 3.05) is 19.6 Å². The van der Waals surface area contributed by atoms with Gasteiger partial charge in [0.2, 0.25) is 0 Å². The van der Waals surface area contributed by atoms with Gasteiger partial charge in [-0.1, -0.05) is 19.1 Å².